The maximum absolute atomic E-state index is 13.9. The molecule has 0 radical (unpaired) electrons. The van der Waals surface area contributed by atoms with Crippen molar-refractivity contribution in [3.63, 3.8) is 0 Å². The molecular formula is C28H24BrClF3N7O4. The maximum Gasteiger partial charge on any atom is 0.416 e. The molecule has 2 aliphatic rings. The molecule has 2 amide bonds. The largest absolute Gasteiger partial charge is 0.505 e. The molecule has 1 saturated heterocycles. The second-order valence-corrected chi connectivity index (χ2v) is 12.1. The van der Waals surface area contributed by atoms with Gasteiger partial charge in [0.1, 0.15) is 12.3 Å². The molecule has 11 nitrogen and oxygen atoms in total. The van der Waals surface area contributed by atoms with E-state index in [1.54, 1.807) is 9.47 Å². The molecule has 1 aliphatic heterocycles. The predicted molar refractivity (Wildman–Crippen MR) is 156 cm³/mol. The third-order valence-corrected chi connectivity index (χ3v) is 9.19. The van der Waals surface area contributed by atoms with Crippen LogP contribution in [0.3, 0.4) is 0 Å². The zero-order valence-corrected chi connectivity index (χ0v) is 25.4. The Balaban J connectivity index is 1.33. The topological polar surface area (TPSA) is 135 Å². The molecule has 4 aromatic rings. The number of halogens is 5. The lowest BCUT2D eigenvalue weighted by Crippen LogP contribution is -2.52. The van der Waals surface area contributed by atoms with Crippen LogP contribution in [0.15, 0.2) is 46.1 Å². The number of hydrogen-bond donors (Lipinski definition) is 2. The zero-order chi connectivity index (χ0) is 31.6. The highest BCUT2D eigenvalue weighted by atomic mass is 79.9. The standard InChI is InChI=1S/C28H24BrClF3N7O4/c1-14-12-38(24(44)22-19(41)3-2-9-34-22)10-8-27(14)7-6-18-21(27)23(43)40-26(36-25(29)37-40)39(18)13-20(42)35-17-5-4-15(11-16(17)30)28(31,32)33/h2-5,9,11,14,41H,6-8,10,12-13H2,1H3,(H,35,42). The van der Waals surface area contributed by atoms with Crippen LogP contribution in [0, 0.1) is 5.92 Å². The number of likely N-dealkylation sites (tertiary alicyclic amines) is 1. The van der Waals surface area contributed by atoms with Crippen LogP contribution in [0.4, 0.5) is 18.9 Å². The number of aromatic hydroxyl groups is 1. The summed E-state index contributed by atoms with van der Waals surface area (Å²) in [6, 6.07) is 5.57. The number of carbonyl (C=O) groups excluding carboxylic acids is 2. The van der Waals surface area contributed by atoms with E-state index in [2.05, 4.69) is 36.3 Å². The first kappa shape index (κ1) is 30.1. The number of nitrogens with one attached hydrogen (secondary N) is 1. The summed E-state index contributed by atoms with van der Waals surface area (Å²) >= 11 is 9.26. The van der Waals surface area contributed by atoms with Crippen molar-refractivity contribution in [2.45, 2.75) is 44.3 Å². The lowest BCUT2D eigenvalue weighted by molar-refractivity contribution is -0.137. The summed E-state index contributed by atoms with van der Waals surface area (Å²) in [5.74, 6) is -1.28. The van der Waals surface area contributed by atoms with Crippen molar-refractivity contribution in [1.29, 1.82) is 0 Å². The first-order valence-electron chi connectivity index (χ1n) is 13.6. The molecule has 3 aromatic heterocycles. The quantitative estimate of drug-likeness (QED) is 0.323. The summed E-state index contributed by atoms with van der Waals surface area (Å²) in [4.78, 5) is 50.3. The molecule has 2 atom stereocenters. The number of alkyl halides is 3. The number of amides is 2. The molecule has 1 aliphatic carbocycles. The Labute approximate surface area is 260 Å². The van der Waals surface area contributed by atoms with Crippen LogP contribution in [0.1, 0.15) is 47.1 Å². The van der Waals surface area contributed by atoms with Gasteiger partial charge in [-0.2, -0.15) is 22.7 Å². The summed E-state index contributed by atoms with van der Waals surface area (Å²) in [5, 5.41) is 16.6. The Morgan fingerprint density at radius 2 is 2.02 bits per heavy atom. The first-order valence-corrected chi connectivity index (χ1v) is 14.8. The average Bonchev–Trinajstić information content (AvgIpc) is 3.55. The fourth-order valence-corrected chi connectivity index (χ4v) is 6.96. The Bertz CT molecular complexity index is 1900. The normalized spacial score (nSPS) is 19.9. The summed E-state index contributed by atoms with van der Waals surface area (Å²) in [7, 11) is 0. The van der Waals surface area contributed by atoms with Gasteiger partial charge in [-0.15, -0.1) is 5.10 Å². The van der Waals surface area contributed by atoms with Crippen molar-refractivity contribution in [2.24, 2.45) is 5.92 Å². The molecule has 4 heterocycles. The van der Waals surface area contributed by atoms with Crippen LogP contribution in [0.25, 0.3) is 5.78 Å². The number of nitrogens with zero attached hydrogens (tertiary/aromatic N) is 6. The predicted octanol–water partition coefficient (Wildman–Crippen LogP) is 4.43. The Morgan fingerprint density at radius 1 is 1.25 bits per heavy atom. The van der Waals surface area contributed by atoms with Gasteiger partial charge in [0.25, 0.3) is 11.5 Å². The highest BCUT2D eigenvalue weighted by Gasteiger charge is 2.50. The number of carbonyl (C=O) groups is 2. The van der Waals surface area contributed by atoms with Gasteiger partial charge in [0, 0.05) is 36.0 Å². The molecular weight excluding hydrogens is 671 g/mol. The molecule has 2 N–H and O–H groups in total. The van der Waals surface area contributed by atoms with E-state index in [1.807, 2.05) is 6.92 Å². The number of aromatic nitrogens is 5. The van der Waals surface area contributed by atoms with Gasteiger partial charge >= 0.3 is 6.18 Å². The van der Waals surface area contributed by atoms with Crippen LogP contribution in [0.2, 0.25) is 5.02 Å². The minimum Gasteiger partial charge on any atom is -0.505 e. The van der Waals surface area contributed by atoms with E-state index in [0.29, 0.717) is 43.6 Å². The van der Waals surface area contributed by atoms with Crippen LogP contribution < -0.4 is 10.9 Å². The van der Waals surface area contributed by atoms with E-state index in [4.69, 9.17) is 11.6 Å². The third kappa shape index (κ3) is 5.01. The molecule has 1 fully saturated rings. The smallest absolute Gasteiger partial charge is 0.416 e. The molecule has 2 unspecified atom stereocenters. The molecule has 6 rings (SSSR count). The monoisotopic (exact) mass is 693 g/mol. The van der Waals surface area contributed by atoms with E-state index in [-0.39, 0.29) is 50.7 Å². The van der Waals surface area contributed by atoms with Gasteiger partial charge in [-0.1, -0.05) is 18.5 Å². The fourth-order valence-electron chi connectivity index (χ4n) is 6.41. The van der Waals surface area contributed by atoms with E-state index in [9.17, 15) is 32.7 Å². The summed E-state index contributed by atoms with van der Waals surface area (Å²) in [5.41, 5.74) is -0.898. The lowest BCUT2D eigenvalue weighted by Gasteiger charge is -2.44. The summed E-state index contributed by atoms with van der Waals surface area (Å²) < 4.78 is 42.1. The van der Waals surface area contributed by atoms with Crippen molar-refractivity contribution < 1.29 is 27.9 Å². The number of benzene rings is 1. The second-order valence-electron chi connectivity index (χ2n) is 11.0. The van der Waals surface area contributed by atoms with Gasteiger partial charge in [-0.25, -0.2) is 4.98 Å². The maximum atomic E-state index is 13.9. The molecule has 0 saturated carbocycles. The summed E-state index contributed by atoms with van der Waals surface area (Å²) in [6.07, 6.45) is -1.69. The van der Waals surface area contributed by atoms with E-state index >= 15 is 0 Å². The highest BCUT2D eigenvalue weighted by molar-refractivity contribution is 9.10. The number of pyridine rings is 1. The highest BCUT2D eigenvalue weighted by Crippen LogP contribution is 2.48. The minimum absolute atomic E-state index is 0.00194. The van der Waals surface area contributed by atoms with E-state index in [0.717, 1.165) is 22.7 Å². The van der Waals surface area contributed by atoms with Crippen molar-refractivity contribution in [1.82, 2.24) is 29.0 Å². The number of anilines is 1. The van der Waals surface area contributed by atoms with E-state index in [1.165, 1.54) is 18.3 Å². The average molecular weight is 695 g/mol. The Hall–Kier alpha value is -3.98. The van der Waals surface area contributed by atoms with E-state index < -0.39 is 29.0 Å². The van der Waals surface area contributed by atoms with Crippen molar-refractivity contribution in [3.8, 4) is 5.75 Å². The lowest BCUT2D eigenvalue weighted by atomic mass is 9.67. The van der Waals surface area contributed by atoms with Crippen LogP contribution in [-0.2, 0) is 29.4 Å². The SMILES string of the molecule is CC1CN(C(=O)c2ncccc2O)CCC12CCc1c2c(=O)n2nc(Br)nc2n1CC(=O)Nc1ccc(C(F)(F)F)cc1Cl. The fraction of sp³-hybridized carbons (Fsp3) is 0.357. The number of rotatable bonds is 4. The molecule has 230 valence electrons. The summed E-state index contributed by atoms with van der Waals surface area (Å²) in [6.45, 7) is 2.25. The second kappa shape index (κ2) is 10.9. The number of fused-ring (bicyclic) bond motifs is 3. The first-order chi connectivity index (χ1) is 20.8. The van der Waals surface area contributed by atoms with Gasteiger partial charge in [0.2, 0.25) is 16.4 Å². The molecule has 0 bridgehead atoms. The van der Waals surface area contributed by atoms with Crippen molar-refractivity contribution in [3.05, 3.63) is 79.2 Å². The van der Waals surface area contributed by atoms with Crippen molar-refractivity contribution >= 4 is 50.8 Å². The molecule has 1 aromatic carbocycles. The number of hydrogen-bond acceptors (Lipinski definition) is 7. The molecule has 16 heteroatoms. The number of piperidine rings is 1. The molecule has 44 heavy (non-hydrogen) atoms. The van der Waals surface area contributed by atoms with Crippen LogP contribution in [0.5, 0.6) is 5.75 Å². The van der Waals surface area contributed by atoms with Gasteiger partial charge in [-0.3, -0.25) is 14.4 Å². The van der Waals surface area contributed by atoms with Gasteiger partial charge in [0.05, 0.1) is 16.3 Å². The third-order valence-electron chi connectivity index (χ3n) is 8.55. The minimum atomic E-state index is -4.59. The van der Waals surface area contributed by atoms with Gasteiger partial charge < -0.3 is 19.9 Å². The van der Waals surface area contributed by atoms with Crippen LogP contribution in [-0.4, -0.2) is 59.1 Å². The van der Waals surface area contributed by atoms with Gasteiger partial charge in [0.15, 0.2) is 5.69 Å². The van der Waals surface area contributed by atoms with Crippen molar-refractivity contribution in [2.75, 3.05) is 18.4 Å². The molecule has 1 spiro atoms. The Morgan fingerprint density at radius 3 is 2.70 bits per heavy atom. The van der Waals surface area contributed by atoms with Gasteiger partial charge in [-0.05, 0) is 71.4 Å². The zero-order valence-electron chi connectivity index (χ0n) is 23.0. The Kier molecular flexibility index (Phi) is 7.43. The van der Waals surface area contributed by atoms with Crippen LogP contribution >= 0.6 is 27.5 Å².